The predicted octanol–water partition coefficient (Wildman–Crippen LogP) is 0.228. The zero-order valence-electron chi connectivity index (χ0n) is 9.61. The first-order valence-corrected chi connectivity index (χ1v) is 7.19. The van der Waals surface area contributed by atoms with Crippen molar-refractivity contribution in [1.82, 2.24) is 10.0 Å². The summed E-state index contributed by atoms with van der Waals surface area (Å²) in [4.78, 5) is 10.4. The molecule has 19 heavy (non-hydrogen) atoms. The number of carbonyl (C=O) groups excluding carboxylic acids is 1. The molecule has 1 unspecified atom stereocenters. The van der Waals surface area contributed by atoms with Gasteiger partial charge in [-0.05, 0) is 12.1 Å². The number of nitrogens with one attached hydrogen (secondary N) is 2. The molecule has 2 rings (SSSR count). The quantitative estimate of drug-likeness (QED) is 0.696. The molecular formula is C10H11ClFN3O3S. The Morgan fingerprint density at radius 1 is 1.47 bits per heavy atom. The van der Waals surface area contributed by atoms with Crippen molar-refractivity contribution in [1.29, 1.82) is 0 Å². The topological polar surface area (TPSA) is 101 Å². The summed E-state index contributed by atoms with van der Waals surface area (Å²) >= 11 is 5.66. The monoisotopic (exact) mass is 307 g/mol. The van der Waals surface area contributed by atoms with Gasteiger partial charge in [-0.25, -0.2) is 17.5 Å². The van der Waals surface area contributed by atoms with Gasteiger partial charge < -0.3 is 11.1 Å². The standard InChI is InChI=1S/C10H11ClFN3O3S/c11-5-1-7(13)10(12)8(2-5)19(17,18)15-6-3-9(16)14-4-6/h1-2,6,15H,3-4,13H2,(H,14,16). The molecule has 1 saturated heterocycles. The van der Waals surface area contributed by atoms with Gasteiger partial charge in [0.05, 0.1) is 5.69 Å². The minimum atomic E-state index is -4.12. The number of anilines is 1. The van der Waals surface area contributed by atoms with E-state index in [0.717, 1.165) is 12.1 Å². The summed E-state index contributed by atoms with van der Waals surface area (Å²) in [6, 6.07) is 1.48. The summed E-state index contributed by atoms with van der Waals surface area (Å²) in [6.45, 7) is 0.162. The fourth-order valence-corrected chi connectivity index (χ4v) is 3.41. The highest BCUT2D eigenvalue weighted by Crippen LogP contribution is 2.25. The summed E-state index contributed by atoms with van der Waals surface area (Å²) < 4.78 is 40.0. The number of carbonyl (C=O) groups is 1. The highest BCUT2D eigenvalue weighted by atomic mass is 35.5. The fourth-order valence-electron chi connectivity index (χ4n) is 1.75. The molecule has 1 heterocycles. The minimum Gasteiger partial charge on any atom is -0.396 e. The molecule has 0 aromatic heterocycles. The van der Waals surface area contributed by atoms with Gasteiger partial charge in [-0.2, -0.15) is 0 Å². The van der Waals surface area contributed by atoms with Crippen LogP contribution in [0.3, 0.4) is 0 Å². The molecule has 0 radical (unpaired) electrons. The van der Waals surface area contributed by atoms with Gasteiger partial charge >= 0.3 is 0 Å². The van der Waals surface area contributed by atoms with E-state index in [2.05, 4.69) is 10.0 Å². The van der Waals surface area contributed by atoms with Crippen LogP contribution < -0.4 is 15.8 Å². The maximum absolute atomic E-state index is 13.7. The van der Waals surface area contributed by atoms with Crippen molar-refractivity contribution in [3.8, 4) is 0 Å². The molecule has 0 saturated carbocycles. The van der Waals surface area contributed by atoms with Gasteiger partial charge in [0.1, 0.15) is 4.90 Å². The van der Waals surface area contributed by atoms with Crippen molar-refractivity contribution in [2.45, 2.75) is 17.4 Å². The molecular weight excluding hydrogens is 297 g/mol. The number of benzene rings is 1. The van der Waals surface area contributed by atoms with E-state index in [1.54, 1.807) is 0 Å². The van der Waals surface area contributed by atoms with Crippen LogP contribution in [0.2, 0.25) is 5.02 Å². The van der Waals surface area contributed by atoms with Gasteiger partial charge in [-0.1, -0.05) is 11.6 Å². The number of sulfonamides is 1. The summed E-state index contributed by atoms with van der Waals surface area (Å²) in [5.74, 6) is -1.33. The molecule has 1 atom stereocenters. The predicted molar refractivity (Wildman–Crippen MR) is 67.6 cm³/mol. The normalized spacial score (nSPS) is 19.5. The number of hydrogen-bond acceptors (Lipinski definition) is 4. The lowest BCUT2D eigenvalue weighted by Crippen LogP contribution is -2.36. The first-order chi connectivity index (χ1) is 8.79. The number of nitrogen functional groups attached to an aromatic ring is 1. The van der Waals surface area contributed by atoms with Gasteiger partial charge in [0.25, 0.3) is 0 Å². The first kappa shape index (κ1) is 14.0. The number of halogens is 2. The fraction of sp³-hybridized carbons (Fsp3) is 0.300. The van der Waals surface area contributed by atoms with E-state index in [0.29, 0.717) is 0 Å². The molecule has 0 aliphatic carbocycles. The van der Waals surface area contributed by atoms with Crippen LogP contribution in [0, 0.1) is 5.82 Å². The molecule has 0 bridgehead atoms. The zero-order chi connectivity index (χ0) is 14.2. The first-order valence-electron chi connectivity index (χ1n) is 5.33. The van der Waals surface area contributed by atoms with E-state index >= 15 is 0 Å². The average Bonchev–Trinajstić information content (AvgIpc) is 2.68. The summed E-state index contributed by atoms with van der Waals surface area (Å²) in [6.07, 6.45) is 0.0108. The van der Waals surface area contributed by atoms with E-state index in [-0.39, 0.29) is 29.6 Å². The summed E-state index contributed by atoms with van der Waals surface area (Å²) in [5, 5.41) is 2.48. The largest absolute Gasteiger partial charge is 0.396 e. The second kappa shape index (κ2) is 4.95. The third-order valence-electron chi connectivity index (χ3n) is 2.62. The number of hydrogen-bond donors (Lipinski definition) is 3. The summed E-state index contributed by atoms with van der Waals surface area (Å²) in [5.41, 5.74) is 4.98. The van der Waals surface area contributed by atoms with Gasteiger partial charge in [-0.3, -0.25) is 4.79 Å². The van der Waals surface area contributed by atoms with Crippen molar-refractivity contribution in [3.63, 3.8) is 0 Å². The Kier molecular flexibility index (Phi) is 3.66. The lowest BCUT2D eigenvalue weighted by atomic mass is 10.3. The van der Waals surface area contributed by atoms with Crippen molar-refractivity contribution < 1.29 is 17.6 Å². The molecule has 9 heteroatoms. The molecule has 104 valence electrons. The van der Waals surface area contributed by atoms with Crippen LogP contribution in [-0.4, -0.2) is 26.9 Å². The Morgan fingerprint density at radius 2 is 2.16 bits per heavy atom. The minimum absolute atomic E-state index is 0.0108. The average molecular weight is 308 g/mol. The second-order valence-electron chi connectivity index (χ2n) is 4.13. The molecule has 1 aliphatic heterocycles. The van der Waals surface area contributed by atoms with Crippen LogP contribution in [0.25, 0.3) is 0 Å². The van der Waals surface area contributed by atoms with Gasteiger partial charge in [0.15, 0.2) is 5.82 Å². The molecule has 1 aromatic rings. The highest BCUT2D eigenvalue weighted by Gasteiger charge is 2.29. The van der Waals surface area contributed by atoms with Crippen molar-refractivity contribution in [3.05, 3.63) is 23.0 Å². The van der Waals surface area contributed by atoms with Crippen LogP contribution in [0.15, 0.2) is 17.0 Å². The molecule has 1 aliphatic rings. The molecule has 1 amide bonds. The Hall–Kier alpha value is -1.38. The van der Waals surface area contributed by atoms with Crippen LogP contribution in [-0.2, 0) is 14.8 Å². The highest BCUT2D eigenvalue weighted by molar-refractivity contribution is 7.89. The zero-order valence-corrected chi connectivity index (χ0v) is 11.2. The summed E-state index contributed by atoms with van der Waals surface area (Å²) in [7, 11) is -4.12. The smallest absolute Gasteiger partial charge is 0.243 e. The third kappa shape index (κ3) is 2.96. The van der Waals surface area contributed by atoms with Crippen molar-refractivity contribution in [2.75, 3.05) is 12.3 Å². The van der Waals surface area contributed by atoms with E-state index in [4.69, 9.17) is 17.3 Å². The van der Waals surface area contributed by atoms with E-state index in [1.165, 1.54) is 0 Å². The van der Waals surface area contributed by atoms with Crippen LogP contribution in [0.5, 0.6) is 0 Å². The van der Waals surface area contributed by atoms with Crippen molar-refractivity contribution in [2.24, 2.45) is 0 Å². The molecule has 1 fully saturated rings. The Bertz CT molecular complexity index is 635. The van der Waals surface area contributed by atoms with Crippen LogP contribution >= 0.6 is 11.6 Å². The lowest BCUT2D eigenvalue weighted by molar-refractivity contribution is -0.119. The van der Waals surface area contributed by atoms with Gasteiger partial charge in [-0.15, -0.1) is 0 Å². The second-order valence-corrected chi connectivity index (χ2v) is 6.25. The van der Waals surface area contributed by atoms with Crippen LogP contribution in [0.4, 0.5) is 10.1 Å². The van der Waals surface area contributed by atoms with E-state index in [1.807, 2.05) is 0 Å². The maximum atomic E-state index is 13.7. The lowest BCUT2D eigenvalue weighted by Gasteiger charge is -2.13. The SMILES string of the molecule is Nc1cc(Cl)cc(S(=O)(=O)NC2CNC(=O)C2)c1F. The van der Waals surface area contributed by atoms with E-state index < -0.39 is 26.8 Å². The third-order valence-corrected chi connectivity index (χ3v) is 4.36. The number of rotatable bonds is 3. The molecule has 6 nitrogen and oxygen atoms in total. The van der Waals surface area contributed by atoms with Gasteiger partial charge in [0.2, 0.25) is 15.9 Å². The van der Waals surface area contributed by atoms with Gasteiger partial charge in [0, 0.05) is 24.0 Å². The Morgan fingerprint density at radius 3 is 2.74 bits per heavy atom. The maximum Gasteiger partial charge on any atom is 0.243 e. The van der Waals surface area contributed by atoms with E-state index in [9.17, 15) is 17.6 Å². The number of nitrogens with two attached hydrogens (primary N) is 1. The molecule has 4 N–H and O–H groups in total. The Labute approximate surface area is 114 Å². The van der Waals surface area contributed by atoms with Crippen LogP contribution in [0.1, 0.15) is 6.42 Å². The van der Waals surface area contributed by atoms with Crippen molar-refractivity contribution >= 4 is 33.2 Å². The Balaban J connectivity index is 2.32. The molecule has 1 aromatic carbocycles. The number of amides is 1. The molecule has 0 spiro atoms.